The molecule has 0 radical (unpaired) electrons. The number of fused-ring (bicyclic) bond motifs is 1. The molecule has 0 saturated heterocycles. The van der Waals surface area contributed by atoms with Crippen LogP contribution in [0.25, 0.3) is 5.69 Å². The lowest BCUT2D eigenvalue weighted by Gasteiger charge is -2.31. The second kappa shape index (κ2) is 7.84. The first kappa shape index (κ1) is 21.1. The molecule has 31 heavy (non-hydrogen) atoms. The number of rotatable bonds is 3. The second-order valence-electron chi connectivity index (χ2n) is 9.55. The van der Waals surface area contributed by atoms with Crippen molar-refractivity contribution in [2.75, 3.05) is 0 Å². The fraction of sp³-hybridized carbons (Fsp3) is 0.333. The summed E-state index contributed by atoms with van der Waals surface area (Å²) in [6.45, 7) is 12.9. The molecule has 0 fully saturated rings. The van der Waals surface area contributed by atoms with Gasteiger partial charge in [-0.3, -0.25) is 0 Å². The molecule has 1 aliphatic carbocycles. The number of benzene rings is 2. The minimum atomic E-state index is -0.428. The maximum atomic E-state index is 12.5. The molecule has 2 aromatic carbocycles. The van der Waals surface area contributed by atoms with E-state index in [1.807, 2.05) is 19.1 Å². The van der Waals surface area contributed by atoms with Gasteiger partial charge in [0.25, 0.3) is 0 Å². The van der Waals surface area contributed by atoms with Crippen LogP contribution in [-0.4, -0.2) is 16.2 Å². The van der Waals surface area contributed by atoms with Crippen molar-refractivity contribution in [1.82, 2.24) is 4.57 Å². The average molecular weight is 415 g/mol. The molecule has 0 atom stereocenters. The number of aromatic nitrogens is 1. The molecule has 160 valence electrons. The van der Waals surface area contributed by atoms with Crippen molar-refractivity contribution in [3.8, 4) is 5.69 Å². The van der Waals surface area contributed by atoms with E-state index in [1.54, 1.807) is 12.1 Å². The van der Waals surface area contributed by atoms with Gasteiger partial charge in [-0.2, -0.15) is 0 Å². The highest BCUT2D eigenvalue weighted by molar-refractivity contribution is 6.03. The average Bonchev–Trinajstić information content (AvgIpc) is 3.03. The monoisotopic (exact) mass is 414 g/mol. The van der Waals surface area contributed by atoms with Gasteiger partial charge in [-0.1, -0.05) is 42.8 Å². The van der Waals surface area contributed by atoms with E-state index in [4.69, 9.17) is 4.84 Å². The van der Waals surface area contributed by atoms with E-state index in [2.05, 4.69) is 68.6 Å². The minimum absolute atomic E-state index is 0.0182. The van der Waals surface area contributed by atoms with Crippen molar-refractivity contribution in [1.29, 1.82) is 0 Å². The Balaban J connectivity index is 1.72. The van der Waals surface area contributed by atoms with Crippen LogP contribution in [0.5, 0.6) is 0 Å². The van der Waals surface area contributed by atoms with E-state index >= 15 is 0 Å². The van der Waals surface area contributed by atoms with E-state index in [9.17, 15) is 4.79 Å². The highest BCUT2D eigenvalue weighted by atomic mass is 16.7. The van der Waals surface area contributed by atoms with Crippen LogP contribution < -0.4 is 0 Å². The lowest BCUT2D eigenvalue weighted by molar-refractivity contribution is 0.0514. The third kappa shape index (κ3) is 4.20. The molecular weight excluding hydrogens is 384 g/mol. The van der Waals surface area contributed by atoms with Gasteiger partial charge in [-0.05, 0) is 87.4 Å². The summed E-state index contributed by atoms with van der Waals surface area (Å²) in [7, 11) is 0. The SMILES string of the molecule is Cc1ccc(C(=O)O/N=C2\CC(C)(C)Cc3c2cc(C)n3-c2ccc(C)c(C)c2)cc1. The molecule has 1 heterocycles. The molecule has 3 aromatic rings. The quantitative estimate of drug-likeness (QED) is 0.376. The van der Waals surface area contributed by atoms with Gasteiger partial charge in [0.15, 0.2) is 0 Å². The molecule has 4 heteroatoms. The zero-order chi connectivity index (χ0) is 22.3. The van der Waals surface area contributed by atoms with Gasteiger partial charge in [-0.25, -0.2) is 4.79 Å². The van der Waals surface area contributed by atoms with E-state index in [1.165, 1.54) is 16.8 Å². The van der Waals surface area contributed by atoms with Crippen molar-refractivity contribution in [2.24, 2.45) is 10.6 Å². The molecule has 0 amide bonds. The lowest BCUT2D eigenvalue weighted by atomic mass is 9.76. The van der Waals surface area contributed by atoms with Gasteiger partial charge in [0.1, 0.15) is 0 Å². The maximum absolute atomic E-state index is 12.5. The fourth-order valence-corrected chi connectivity index (χ4v) is 4.32. The van der Waals surface area contributed by atoms with Crippen molar-refractivity contribution in [3.05, 3.63) is 87.7 Å². The van der Waals surface area contributed by atoms with Gasteiger partial charge in [0, 0.05) is 22.6 Å². The summed E-state index contributed by atoms with van der Waals surface area (Å²) in [5.41, 5.74) is 9.64. The zero-order valence-corrected chi connectivity index (χ0v) is 19.2. The highest BCUT2D eigenvalue weighted by Crippen LogP contribution is 2.38. The van der Waals surface area contributed by atoms with Crippen LogP contribution in [0.15, 0.2) is 53.7 Å². The predicted molar refractivity (Wildman–Crippen MR) is 125 cm³/mol. The smallest absolute Gasteiger partial charge is 0.318 e. The predicted octanol–water partition coefficient (Wildman–Crippen LogP) is 6.24. The molecule has 0 saturated carbocycles. The first-order chi connectivity index (χ1) is 14.6. The summed E-state index contributed by atoms with van der Waals surface area (Å²) < 4.78 is 2.32. The summed E-state index contributed by atoms with van der Waals surface area (Å²) in [6, 6.07) is 16.1. The molecule has 0 unspecified atom stereocenters. The molecule has 0 spiro atoms. The number of aryl methyl sites for hydroxylation is 4. The molecule has 0 N–H and O–H groups in total. The highest BCUT2D eigenvalue weighted by Gasteiger charge is 2.33. The van der Waals surface area contributed by atoms with E-state index in [-0.39, 0.29) is 5.41 Å². The Labute approximate surface area is 184 Å². The Bertz CT molecular complexity index is 1180. The second-order valence-corrected chi connectivity index (χ2v) is 9.55. The first-order valence-corrected chi connectivity index (χ1v) is 10.8. The van der Waals surface area contributed by atoms with Gasteiger partial charge in [-0.15, -0.1) is 0 Å². The third-order valence-corrected chi connectivity index (χ3v) is 6.16. The topological polar surface area (TPSA) is 43.6 Å². The Kier molecular flexibility index (Phi) is 5.34. The molecule has 1 aromatic heterocycles. The summed E-state index contributed by atoms with van der Waals surface area (Å²) >= 11 is 0. The van der Waals surface area contributed by atoms with Crippen molar-refractivity contribution in [3.63, 3.8) is 0 Å². The fourth-order valence-electron chi connectivity index (χ4n) is 4.32. The first-order valence-electron chi connectivity index (χ1n) is 10.8. The Morgan fingerprint density at radius 3 is 2.32 bits per heavy atom. The van der Waals surface area contributed by atoms with Crippen LogP contribution >= 0.6 is 0 Å². The van der Waals surface area contributed by atoms with Gasteiger partial charge >= 0.3 is 5.97 Å². The van der Waals surface area contributed by atoms with Gasteiger partial charge in [0.2, 0.25) is 0 Å². The van der Waals surface area contributed by atoms with Crippen molar-refractivity contribution in [2.45, 2.75) is 54.4 Å². The van der Waals surface area contributed by atoms with Crippen LogP contribution in [0.1, 0.15) is 64.3 Å². The van der Waals surface area contributed by atoms with Crippen molar-refractivity contribution >= 4 is 11.7 Å². The maximum Gasteiger partial charge on any atom is 0.365 e. The molecular formula is C27H30N2O2. The largest absolute Gasteiger partial charge is 0.365 e. The number of carbonyl (C=O) groups excluding carboxylic acids is 1. The van der Waals surface area contributed by atoms with E-state index in [0.29, 0.717) is 5.56 Å². The number of carbonyl (C=O) groups is 1. The van der Waals surface area contributed by atoms with Crippen LogP contribution in [0.2, 0.25) is 0 Å². The van der Waals surface area contributed by atoms with Crippen LogP contribution in [-0.2, 0) is 11.3 Å². The van der Waals surface area contributed by atoms with Crippen LogP contribution in [0.3, 0.4) is 0 Å². The normalized spacial score (nSPS) is 16.3. The minimum Gasteiger partial charge on any atom is -0.318 e. The van der Waals surface area contributed by atoms with Gasteiger partial charge in [0.05, 0.1) is 11.3 Å². The number of hydrogen-bond donors (Lipinski definition) is 0. The summed E-state index contributed by atoms with van der Waals surface area (Å²) in [5, 5.41) is 4.35. The standard InChI is InChI=1S/C27H30N2O2/c1-17-7-10-21(11-8-17)26(30)31-28-24-15-27(5,6)16-25-23(24)14-20(4)29(25)22-12-9-18(2)19(3)13-22/h7-14H,15-16H2,1-6H3/b28-24+. The lowest BCUT2D eigenvalue weighted by Crippen LogP contribution is -2.28. The van der Waals surface area contributed by atoms with Crippen LogP contribution in [0.4, 0.5) is 0 Å². The molecule has 4 nitrogen and oxygen atoms in total. The zero-order valence-electron chi connectivity index (χ0n) is 19.2. The third-order valence-electron chi connectivity index (χ3n) is 6.16. The van der Waals surface area contributed by atoms with Crippen molar-refractivity contribution < 1.29 is 9.63 Å². The summed E-state index contributed by atoms with van der Waals surface area (Å²) in [6.07, 6.45) is 1.70. The van der Waals surface area contributed by atoms with Crippen LogP contribution in [0, 0.1) is 33.1 Å². The Morgan fingerprint density at radius 1 is 0.935 bits per heavy atom. The van der Waals surface area contributed by atoms with E-state index in [0.717, 1.165) is 41.1 Å². The molecule has 4 rings (SSSR count). The summed E-state index contributed by atoms with van der Waals surface area (Å²) in [4.78, 5) is 17.9. The Morgan fingerprint density at radius 2 is 1.65 bits per heavy atom. The van der Waals surface area contributed by atoms with E-state index < -0.39 is 5.97 Å². The number of hydrogen-bond acceptors (Lipinski definition) is 3. The molecule has 0 bridgehead atoms. The number of oxime groups is 1. The summed E-state index contributed by atoms with van der Waals surface area (Å²) in [5.74, 6) is -0.428. The number of nitrogens with zero attached hydrogens (tertiary/aromatic N) is 2. The molecule has 0 aliphatic heterocycles. The molecule has 1 aliphatic rings. The van der Waals surface area contributed by atoms with Gasteiger partial charge < -0.3 is 9.40 Å². The Hall–Kier alpha value is -3.14.